The van der Waals surface area contributed by atoms with Gasteiger partial charge in [-0.25, -0.2) is 0 Å². The Bertz CT molecular complexity index is 1120. The van der Waals surface area contributed by atoms with E-state index in [0.29, 0.717) is 13.2 Å². The fraction of sp³-hybridized carbons (Fsp3) is 0.200. The third-order valence-electron chi connectivity index (χ3n) is 5.68. The molecule has 146 valence electrons. The first-order chi connectivity index (χ1) is 14.3. The van der Waals surface area contributed by atoms with Gasteiger partial charge in [0, 0.05) is 17.5 Å². The van der Waals surface area contributed by atoms with Gasteiger partial charge in [0.25, 0.3) is 0 Å². The lowest BCUT2D eigenvalue weighted by Gasteiger charge is -2.20. The van der Waals surface area contributed by atoms with E-state index >= 15 is 0 Å². The molecule has 4 heteroatoms. The summed E-state index contributed by atoms with van der Waals surface area (Å²) in [6, 6.07) is 21.7. The molecule has 2 nitrogen and oxygen atoms in total. The summed E-state index contributed by atoms with van der Waals surface area (Å²) in [4.78, 5) is 0. The molecule has 0 amide bonds. The van der Waals surface area contributed by atoms with Gasteiger partial charge in [-0.15, -0.1) is 18.5 Å². The second kappa shape index (κ2) is 7.94. The molecule has 0 saturated heterocycles. The molecule has 5 rings (SSSR count). The highest BCUT2D eigenvalue weighted by molar-refractivity contribution is 7.15. The van der Waals surface area contributed by atoms with Crippen molar-refractivity contribution in [3.63, 3.8) is 0 Å². The van der Waals surface area contributed by atoms with E-state index in [1.54, 1.807) is 0 Å². The lowest BCUT2D eigenvalue weighted by Crippen LogP contribution is -2.04. The van der Waals surface area contributed by atoms with Gasteiger partial charge in [0.05, 0.1) is 13.2 Å². The minimum absolute atomic E-state index is 0.657. The van der Waals surface area contributed by atoms with Crippen molar-refractivity contribution in [3.8, 4) is 22.6 Å². The lowest BCUT2D eigenvalue weighted by atomic mass is 9.89. The second-order valence-corrected chi connectivity index (χ2v) is 8.18. The van der Waals surface area contributed by atoms with Crippen LogP contribution in [-0.2, 0) is 12.3 Å². The number of hydrogen-bond acceptors (Lipinski definition) is 2. The maximum atomic E-state index is 6.33. The van der Waals surface area contributed by atoms with Crippen LogP contribution in [0.4, 0.5) is 0 Å². The van der Waals surface area contributed by atoms with Gasteiger partial charge in [-0.1, -0.05) is 48.5 Å². The van der Waals surface area contributed by atoms with E-state index < -0.39 is 0 Å². The molecule has 4 aromatic carbocycles. The molecule has 2 unspecified atom stereocenters. The quantitative estimate of drug-likeness (QED) is 0.343. The molecule has 0 fully saturated rings. The first-order valence-corrected chi connectivity index (χ1v) is 11.7. The summed E-state index contributed by atoms with van der Waals surface area (Å²) in [5.74, 6) is 1.91. The first-order valence-electron chi connectivity index (χ1n) is 10.1. The van der Waals surface area contributed by atoms with Crippen LogP contribution >= 0.6 is 18.5 Å². The number of ether oxygens (including phenoxy) is 2. The minimum atomic E-state index is 0.657. The van der Waals surface area contributed by atoms with Crippen LogP contribution in [0.15, 0.2) is 60.7 Å². The van der Waals surface area contributed by atoms with E-state index in [2.05, 4.69) is 79.1 Å². The molecule has 1 heterocycles. The fourth-order valence-electron chi connectivity index (χ4n) is 4.35. The van der Waals surface area contributed by atoms with Crippen molar-refractivity contribution in [3.05, 3.63) is 71.8 Å². The highest BCUT2D eigenvalue weighted by atomic mass is 31.0. The largest absolute Gasteiger partial charge is 0.493 e. The van der Waals surface area contributed by atoms with Crippen molar-refractivity contribution < 1.29 is 9.47 Å². The molecule has 1 aliphatic rings. The molecule has 0 aliphatic carbocycles. The van der Waals surface area contributed by atoms with Crippen LogP contribution in [0, 0.1) is 0 Å². The number of rotatable bonds is 2. The van der Waals surface area contributed by atoms with Gasteiger partial charge >= 0.3 is 0 Å². The maximum absolute atomic E-state index is 6.33. The second-order valence-electron chi connectivity index (χ2n) is 7.37. The molecule has 2 atom stereocenters. The van der Waals surface area contributed by atoms with Crippen molar-refractivity contribution in [1.29, 1.82) is 0 Å². The van der Waals surface area contributed by atoms with Gasteiger partial charge in [-0.3, -0.25) is 0 Å². The van der Waals surface area contributed by atoms with Crippen molar-refractivity contribution >= 4 is 40.0 Å². The van der Waals surface area contributed by atoms with Crippen molar-refractivity contribution in [2.75, 3.05) is 13.2 Å². The molecular weight excluding hydrogens is 394 g/mol. The molecule has 0 N–H and O–H groups in total. The summed E-state index contributed by atoms with van der Waals surface area (Å²) >= 11 is 0. The third kappa shape index (κ3) is 3.20. The highest BCUT2D eigenvalue weighted by Crippen LogP contribution is 2.48. The zero-order valence-corrected chi connectivity index (χ0v) is 18.6. The Morgan fingerprint density at radius 1 is 0.621 bits per heavy atom. The SMILES string of the molecule is PCc1cc2c(c3ccccc13)-c1c(cc(CP)c3ccccc13)OCCCO2. The molecule has 0 bridgehead atoms. The van der Waals surface area contributed by atoms with Gasteiger partial charge in [-0.2, -0.15) is 0 Å². The summed E-state index contributed by atoms with van der Waals surface area (Å²) < 4.78 is 12.7. The zero-order valence-electron chi connectivity index (χ0n) is 16.3. The Morgan fingerprint density at radius 2 is 1.03 bits per heavy atom. The molecule has 4 aromatic rings. The fourth-order valence-corrected chi connectivity index (χ4v) is 5.02. The number of benzene rings is 4. The van der Waals surface area contributed by atoms with Gasteiger partial charge in [0.1, 0.15) is 11.5 Å². The summed E-state index contributed by atoms with van der Waals surface area (Å²) in [7, 11) is 5.71. The van der Waals surface area contributed by atoms with Crippen LogP contribution in [-0.4, -0.2) is 13.2 Å². The maximum Gasteiger partial charge on any atom is 0.128 e. The van der Waals surface area contributed by atoms with E-state index in [4.69, 9.17) is 9.47 Å². The standard InChI is InChI=1S/C25H24O2P2/c28-14-16-12-22-24(20-8-3-1-6-18(16)20)25-21-9-4-2-7-19(21)17(15-29)13-23(25)27-11-5-10-26-22/h1-4,6-9,12-13H,5,10-11,14-15,28-29H2. The summed E-state index contributed by atoms with van der Waals surface area (Å²) in [5.41, 5.74) is 4.87. The Morgan fingerprint density at radius 3 is 1.45 bits per heavy atom. The molecule has 1 aliphatic heterocycles. The molecule has 0 saturated carbocycles. The first kappa shape index (κ1) is 18.9. The predicted octanol–water partition coefficient (Wildman–Crippen LogP) is 6.57. The van der Waals surface area contributed by atoms with Crippen molar-refractivity contribution in [2.45, 2.75) is 18.7 Å². The van der Waals surface area contributed by atoms with Crippen LogP contribution in [0.1, 0.15) is 17.5 Å². The Balaban J connectivity index is 1.97. The topological polar surface area (TPSA) is 18.5 Å². The normalized spacial score (nSPS) is 13.6. The molecule has 0 spiro atoms. The van der Waals surface area contributed by atoms with E-state index in [9.17, 15) is 0 Å². The monoisotopic (exact) mass is 418 g/mol. The van der Waals surface area contributed by atoms with E-state index in [1.165, 1.54) is 32.7 Å². The van der Waals surface area contributed by atoms with Crippen LogP contribution in [0.5, 0.6) is 11.5 Å². The smallest absolute Gasteiger partial charge is 0.128 e. The Labute approximate surface area is 176 Å². The van der Waals surface area contributed by atoms with Gasteiger partial charge in [-0.05, 0) is 57.1 Å². The zero-order chi connectivity index (χ0) is 19.8. The molecular formula is C25H24O2P2. The Kier molecular flexibility index (Phi) is 5.17. The minimum Gasteiger partial charge on any atom is -0.493 e. The van der Waals surface area contributed by atoms with Crippen molar-refractivity contribution in [2.24, 2.45) is 0 Å². The molecule has 0 aromatic heterocycles. The number of hydrogen-bond donors (Lipinski definition) is 0. The molecule has 29 heavy (non-hydrogen) atoms. The Hall–Kier alpha value is -2.14. The third-order valence-corrected chi connectivity index (χ3v) is 6.56. The molecule has 0 radical (unpaired) electrons. The van der Waals surface area contributed by atoms with Crippen molar-refractivity contribution in [1.82, 2.24) is 0 Å². The van der Waals surface area contributed by atoms with E-state index in [1.807, 2.05) is 0 Å². The van der Waals surface area contributed by atoms with Crippen LogP contribution in [0.25, 0.3) is 32.7 Å². The van der Waals surface area contributed by atoms with Crippen LogP contribution in [0.3, 0.4) is 0 Å². The summed E-state index contributed by atoms with van der Waals surface area (Å²) in [6.07, 6.45) is 2.66. The highest BCUT2D eigenvalue weighted by Gasteiger charge is 2.22. The van der Waals surface area contributed by atoms with Crippen LogP contribution in [0.2, 0.25) is 0 Å². The average Bonchev–Trinajstić information content (AvgIpc) is 2.86. The predicted molar refractivity (Wildman–Crippen MR) is 129 cm³/mol. The van der Waals surface area contributed by atoms with E-state index in [0.717, 1.165) is 41.4 Å². The van der Waals surface area contributed by atoms with Gasteiger partial charge in [0.15, 0.2) is 0 Å². The average molecular weight is 418 g/mol. The summed E-state index contributed by atoms with van der Waals surface area (Å²) in [5, 5.41) is 4.99. The van der Waals surface area contributed by atoms with Gasteiger partial charge < -0.3 is 9.47 Å². The van der Waals surface area contributed by atoms with Gasteiger partial charge in [0.2, 0.25) is 0 Å². The van der Waals surface area contributed by atoms with E-state index in [-0.39, 0.29) is 0 Å². The number of fused-ring (bicyclic) bond motifs is 7. The van der Waals surface area contributed by atoms with Crippen LogP contribution < -0.4 is 9.47 Å². The summed E-state index contributed by atoms with van der Waals surface area (Å²) in [6.45, 7) is 1.31. The lowest BCUT2D eigenvalue weighted by molar-refractivity contribution is 0.252.